The molecule has 0 bridgehead atoms. The SMILES string of the molecule is Cc1cc(C=CC(F)(F)F)cc(C)c1[N+](=O)[O-]. The lowest BCUT2D eigenvalue weighted by atomic mass is 10.0. The number of nitrogens with zero attached hydrogens (tertiary/aromatic N) is 1. The molecule has 0 radical (unpaired) electrons. The average Bonchev–Trinajstić information content (AvgIpc) is 2.11. The molecule has 0 saturated carbocycles. The quantitative estimate of drug-likeness (QED) is 0.587. The van der Waals surface area contributed by atoms with E-state index in [2.05, 4.69) is 0 Å². The van der Waals surface area contributed by atoms with Gasteiger partial charge in [0.05, 0.1) is 4.92 Å². The maximum absolute atomic E-state index is 12.0. The smallest absolute Gasteiger partial charge is 0.258 e. The second-order valence-corrected chi connectivity index (χ2v) is 3.64. The molecule has 1 aromatic carbocycles. The van der Waals surface area contributed by atoms with Crippen LogP contribution in [0.2, 0.25) is 0 Å². The molecule has 0 atom stereocenters. The van der Waals surface area contributed by atoms with Gasteiger partial charge >= 0.3 is 6.18 Å². The Morgan fingerprint density at radius 1 is 1.24 bits per heavy atom. The Bertz CT molecular complexity index is 455. The predicted molar refractivity (Wildman–Crippen MR) is 57.7 cm³/mol. The lowest BCUT2D eigenvalue weighted by Gasteiger charge is -2.04. The normalized spacial score (nSPS) is 12.1. The summed E-state index contributed by atoms with van der Waals surface area (Å²) in [4.78, 5) is 10.1. The largest absolute Gasteiger partial charge is 0.409 e. The zero-order valence-corrected chi connectivity index (χ0v) is 9.21. The number of alkyl halides is 3. The third-order valence-corrected chi connectivity index (χ3v) is 2.16. The molecule has 0 spiro atoms. The van der Waals surface area contributed by atoms with Crippen molar-refractivity contribution in [3.63, 3.8) is 0 Å². The summed E-state index contributed by atoms with van der Waals surface area (Å²) in [5.41, 5.74) is 0.922. The third kappa shape index (κ3) is 3.58. The van der Waals surface area contributed by atoms with Crippen LogP contribution in [-0.4, -0.2) is 11.1 Å². The standard InChI is InChI=1S/C11H10F3NO2/c1-7-5-9(3-4-11(12,13)14)6-8(2)10(7)15(16)17/h3-6H,1-2H3. The monoisotopic (exact) mass is 245 g/mol. The molecule has 3 nitrogen and oxygen atoms in total. The molecule has 0 aromatic heterocycles. The molecule has 0 fully saturated rings. The van der Waals surface area contributed by atoms with Crippen LogP contribution in [0.25, 0.3) is 6.08 Å². The molecule has 92 valence electrons. The van der Waals surface area contributed by atoms with E-state index in [-0.39, 0.29) is 11.8 Å². The number of nitro benzene ring substituents is 1. The molecule has 17 heavy (non-hydrogen) atoms. The molecule has 0 unspecified atom stereocenters. The van der Waals surface area contributed by atoms with E-state index < -0.39 is 11.1 Å². The third-order valence-electron chi connectivity index (χ3n) is 2.16. The van der Waals surface area contributed by atoms with Crippen molar-refractivity contribution < 1.29 is 18.1 Å². The molecule has 0 N–H and O–H groups in total. The zero-order chi connectivity index (χ0) is 13.2. The van der Waals surface area contributed by atoms with Gasteiger partial charge in [-0.15, -0.1) is 0 Å². The molecule has 0 amide bonds. The Morgan fingerprint density at radius 2 is 1.71 bits per heavy atom. The van der Waals surface area contributed by atoms with E-state index in [4.69, 9.17) is 0 Å². The van der Waals surface area contributed by atoms with E-state index >= 15 is 0 Å². The number of halogens is 3. The van der Waals surface area contributed by atoms with Gasteiger partial charge in [0.25, 0.3) is 5.69 Å². The Morgan fingerprint density at radius 3 is 2.06 bits per heavy atom. The number of benzene rings is 1. The van der Waals surface area contributed by atoms with Crippen LogP contribution in [0.5, 0.6) is 0 Å². The number of hydrogen-bond acceptors (Lipinski definition) is 2. The van der Waals surface area contributed by atoms with Gasteiger partial charge < -0.3 is 0 Å². The summed E-state index contributed by atoms with van der Waals surface area (Å²) in [7, 11) is 0. The van der Waals surface area contributed by atoms with Crippen LogP contribution in [0.1, 0.15) is 16.7 Å². The van der Waals surface area contributed by atoms with Gasteiger partial charge in [0, 0.05) is 17.2 Å². The van der Waals surface area contributed by atoms with Crippen LogP contribution >= 0.6 is 0 Å². The van der Waals surface area contributed by atoms with Crippen molar-refractivity contribution in [2.45, 2.75) is 20.0 Å². The van der Waals surface area contributed by atoms with Crippen molar-refractivity contribution in [3.8, 4) is 0 Å². The summed E-state index contributed by atoms with van der Waals surface area (Å²) >= 11 is 0. The van der Waals surface area contributed by atoms with Gasteiger partial charge in [-0.25, -0.2) is 0 Å². The van der Waals surface area contributed by atoms with E-state index in [0.29, 0.717) is 16.7 Å². The summed E-state index contributed by atoms with van der Waals surface area (Å²) in [5.74, 6) is 0. The van der Waals surface area contributed by atoms with Gasteiger partial charge in [0.15, 0.2) is 0 Å². The second-order valence-electron chi connectivity index (χ2n) is 3.64. The van der Waals surface area contributed by atoms with Crippen molar-refractivity contribution >= 4 is 11.8 Å². The lowest BCUT2D eigenvalue weighted by Crippen LogP contribution is -2.00. The van der Waals surface area contributed by atoms with Crippen LogP contribution < -0.4 is 0 Å². The van der Waals surface area contributed by atoms with Gasteiger partial charge in [-0.3, -0.25) is 10.1 Å². The Balaban J connectivity index is 3.16. The minimum atomic E-state index is -4.39. The van der Waals surface area contributed by atoms with Crippen LogP contribution in [0.4, 0.5) is 18.9 Å². The van der Waals surface area contributed by atoms with Crippen LogP contribution in [0.3, 0.4) is 0 Å². The Labute approximate surface area is 95.7 Å². The van der Waals surface area contributed by atoms with Crippen molar-refractivity contribution in [1.29, 1.82) is 0 Å². The number of allylic oxidation sites excluding steroid dienone is 1. The van der Waals surface area contributed by atoms with Gasteiger partial charge in [-0.1, -0.05) is 6.08 Å². The van der Waals surface area contributed by atoms with Crippen molar-refractivity contribution in [2.24, 2.45) is 0 Å². The lowest BCUT2D eigenvalue weighted by molar-refractivity contribution is -0.386. The molecular formula is C11H10F3NO2. The first-order valence-corrected chi connectivity index (χ1v) is 4.72. The Kier molecular flexibility index (Phi) is 3.55. The fourth-order valence-corrected chi connectivity index (χ4v) is 1.56. The van der Waals surface area contributed by atoms with Crippen LogP contribution in [0.15, 0.2) is 18.2 Å². The molecule has 6 heteroatoms. The minimum absolute atomic E-state index is 0.0610. The number of rotatable bonds is 2. The van der Waals surface area contributed by atoms with E-state index in [1.807, 2.05) is 0 Å². The van der Waals surface area contributed by atoms with Gasteiger partial charge in [0.1, 0.15) is 0 Å². The predicted octanol–water partition coefficient (Wildman–Crippen LogP) is 3.79. The Hall–Kier alpha value is -1.85. The number of aryl methyl sites for hydroxylation is 2. The number of nitro groups is 1. The van der Waals surface area contributed by atoms with Gasteiger partial charge in [0.2, 0.25) is 0 Å². The molecule has 0 aliphatic carbocycles. The fraction of sp³-hybridized carbons (Fsp3) is 0.273. The highest BCUT2D eigenvalue weighted by molar-refractivity contribution is 5.58. The average molecular weight is 245 g/mol. The van der Waals surface area contributed by atoms with Crippen molar-refractivity contribution in [2.75, 3.05) is 0 Å². The van der Waals surface area contributed by atoms with E-state index in [1.165, 1.54) is 26.0 Å². The molecule has 0 saturated heterocycles. The maximum Gasteiger partial charge on any atom is 0.409 e. The summed E-state index contributed by atoms with van der Waals surface area (Å²) in [6, 6.07) is 2.71. The highest BCUT2D eigenvalue weighted by Gasteiger charge is 2.22. The molecule has 0 aliphatic rings. The molecular weight excluding hydrogens is 235 g/mol. The first kappa shape index (κ1) is 13.2. The summed E-state index contributed by atoms with van der Waals surface area (Å²) < 4.78 is 35.9. The molecule has 0 heterocycles. The van der Waals surface area contributed by atoms with E-state index in [0.717, 1.165) is 6.08 Å². The molecule has 1 aromatic rings. The van der Waals surface area contributed by atoms with Gasteiger partial charge in [-0.2, -0.15) is 13.2 Å². The van der Waals surface area contributed by atoms with Crippen LogP contribution in [-0.2, 0) is 0 Å². The molecule has 0 aliphatic heterocycles. The minimum Gasteiger partial charge on any atom is -0.258 e. The highest BCUT2D eigenvalue weighted by atomic mass is 19.4. The molecule has 1 rings (SSSR count). The highest BCUT2D eigenvalue weighted by Crippen LogP contribution is 2.26. The summed E-state index contributed by atoms with van der Waals surface area (Å²) in [5, 5.41) is 10.7. The van der Waals surface area contributed by atoms with E-state index in [9.17, 15) is 23.3 Å². The van der Waals surface area contributed by atoms with Crippen molar-refractivity contribution in [1.82, 2.24) is 0 Å². The summed E-state index contributed by atoms with van der Waals surface area (Å²) in [6.07, 6.45) is -3.39. The first-order valence-electron chi connectivity index (χ1n) is 4.72. The second kappa shape index (κ2) is 4.57. The van der Waals surface area contributed by atoms with Gasteiger partial charge in [-0.05, 0) is 31.5 Å². The topological polar surface area (TPSA) is 43.1 Å². The van der Waals surface area contributed by atoms with Crippen LogP contribution in [0, 0.1) is 24.0 Å². The fourth-order valence-electron chi connectivity index (χ4n) is 1.56. The van der Waals surface area contributed by atoms with Crippen molar-refractivity contribution in [3.05, 3.63) is 45.0 Å². The maximum atomic E-state index is 12.0. The first-order chi connectivity index (χ1) is 7.70. The number of hydrogen-bond donors (Lipinski definition) is 0. The van der Waals surface area contributed by atoms with E-state index in [1.54, 1.807) is 0 Å². The summed E-state index contributed by atoms with van der Waals surface area (Å²) in [6.45, 7) is 2.99. The zero-order valence-electron chi connectivity index (χ0n) is 9.21.